The van der Waals surface area contributed by atoms with Crippen LogP contribution in [0.15, 0.2) is 30.3 Å². The number of quaternary nitrogens is 1. The molecule has 1 aromatic heterocycles. The fourth-order valence-electron chi connectivity index (χ4n) is 2.58. The lowest BCUT2D eigenvalue weighted by Gasteiger charge is -2.10. The summed E-state index contributed by atoms with van der Waals surface area (Å²) in [5.41, 5.74) is 6.93. The van der Waals surface area contributed by atoms with Crippen molar-refractivity contribution < 1.29 is 15.4 Å². The van der Waals surface area contributed by atoms with Crippen LogP contribution in [0.25, 0.3) is 22.3 Å². The third-order valence-corrected chi connectivity index (χ3v) is 4.60. The Kier molecular flexibility index (Phi) is 3.80. The SMILES string of the molecule is Cc1cc2c(cc1C)[n+](=O)c([NH3+])c(-c1c(Cl)cccc1Cl)n2O. The molecule has 0 saturated carbocycles. The molecule has 3 rings (SSSR count). The molecule has 0 bridgehead atoms. The van der Waals surface area contributed by atoms with Crippen LogP contribution in [0.5, 0.6) is 0 Å². The van der Waals surface area contributed by atoms with Crippen LogP contribution in [0.1, 0.15) is 11.1 Å². The molecular weight excluding hydrogens is 337 g/mol. The quantitative estimate of drug-likeness (QED) is 0.521. The minimum Gasteiger partial charge on any atom is -0.427 e. The normalized spacial score (nSPS) is 11.2. The highest BCUT2D eigenvalue weighted by Gasteiger charge is 2.30. The highest BCUT2D eigenvalue weighted by atomic mass is 35.5. The Bertz CT molecular complexity index is 992. The highest BCUT2D eigenvalue weighted by Crippen LogP contribution is 2.36. The van der Waals surface area contributed by atoms with Crippen molar-refractivity contribution in [3.8, 4) is 11.3 Å². The number of hydrogen-bond donors (Lipinski definition) is 2. The van der Waals surface area contributed by atoms with Gasteiger partial charge in [-0.1, -0.05) is 29.3 Å². The summed E-state index contributed by atoms with van der Waals surface area (Å²) >= 11 is 12.4. The Balaban J connectivity index is 2.53. The molecule has 0 fully saturated rings. The maximum absolute atomic E-state index is 12.6. The summed E-state index contributed by atoms with van der Waals surface area (Å²) in [5.74, 6) is 0.0678. The van der Waals surface area contributed by atoms with Crippen molar-refractivity contribution in [1.29, 1.82) is 0 Å². The van der Waals surface area contributed by atoms with Crippen molar-refractivity contribution in [1.82, 2.24) is 4.73 Å². The van der Waals surface area contributed by atoms with Crippen molar-refractivity contribution in [2.75, 3.05) is 0 Å². The van der Waals surface area contributed by atoms with Crippen LogP contribution in [0.2, 0.25) is 10.0 Å². The Morgan fingerprint density at radius 1 is 1.13 bits per heavy atom. The van der Waals surface area contributed by atoms with Crippen LogP contribution in [0.3, 0.4) is 0 Å². The molecule has 0 unspecified atom stereocenters. The number of fused-ring (bicyclic) bond motifs is 1. The lowest BCUT2D eigenvalue weighted by molar-refractivity contribution is -0.535. The standard InChI is InChI=1S/C16H14Cl2N3O2/c1-8-6-12-13(7-9(8)2)21(23)16(19)15(20(12)22)14-10(17)4-3-5-11(14)18/h3-7,22H,19H2,1-2H3/q+1/p+1. The number of aromatic nitrogens is 2. The molecule has 7 heteroatoms. The van der Waals surface area contributed by atoms with Gasteiger partial charge in [0, 0.05) is 11.0 Å². The molecule has 118 valence electrons. The predicted molar refractivity (Wildman–Crippen MR) is 90.0 cm³/mol. The molecule has 0 aliphatic carbocycles. The lowest BCUT2D eigenvalue weighted by Crippen LogP contribution is -2.50. The van der Waals surface area contributed by atoms with Crippen molar-refractivity contribution in [2.45, 2.75) is 13.8 Å². The summed E-state index contributed by atoms with van der Waals surface area (Å²) in [4.78, 5) is 12.6. The van der Waals surface area contributed by atoms with Crippen LogP contribution < -0.4 is 10.2 Å². The van der Waals surface area contributed by atoms with Gasteiger partial charge in [0.25, 0.3) is 5.52 Å². The van der Waals surface area contributed by atoms with Crippen LogP contribution in [0.4, 0.5) is 5.82 Å². The van der Waals surface area contributed by atoms with Crippen molar-refractivity contribution >= 4 is 40.1 Å². The van der Waals surface area contributed by atoms with Gasteiger partial charge in [0.2, 0.25) is 5.69 Å². The second kappa shape index (κ2) is 5.53. The Morgan fingerprint density at radius 2 is 1.70 bits per heavy atom. The average molecular weight is 352 g/mol. The monoisotopic (exact) mass is 351 g/mol. The summed E-state index contributed by atoms with van der Waals surface area (Å²) in [7, 11) is 0. The first kappa shape index (κ1) is 15.8. The van der Waals surface area contributed by atoms with E-state index in [2.05, 4.69) is 5.73 Å². The first-order valence-electron chi connectivity index (χ1n) is 6.91. The minimum absolute atomic E-state index is 0.0678. The summed E-state index contributed by atoms with van der Waals surface area (Å²) < 4.78 is 1.61. The number of rotatable bonds is 1. The molecule has 0 atom stereocenters. The molecule has 4 N–H and O–H groups in total. The molecular formula is C16H15Cl2N3O2+2. The molecule has 0 aliphatic rings. The largest absolute Gasteiger partial charge is 0.446 e. The molecule has 0 spiro atoms. The van der Waals surface area contributed by atoms with E-state index in [1.54, 1.807) is 30.3 Å². The number of nitrogens with zero attached hydrogens (tertiary/aromatic N) is 2. The smallest absolute Gasteiger partial charge is 0.427 e. The second-order valence-corrected chi connectivity index (χ2v) is 6.24. The summed E-state index contributed by atoms with van der Waals surface area (Å²) in [6, 6.07) is 8.44. The van der Waals surface area contributed by atoms with E-state index in [-0.39, 0.29) is 11.5 Å². The number of benzene rings is 2. The zero-order valence-corrected chi connectivity index (χ0v) is 14.1. The Labute approximate surface area is 142 Å². The zero-order valence-electron chi connectivity index (χ0n) is 12.6. The molecule has 0 aliphatic heterocycles. The van der Waals surface area contributed by atoms with E-state index in [0.717, 1.165) is 15.9 Å². The van der Waals surface area contributed by atoms with Gasteiger partial charge in [-0.15, -0.1) is 0 Å². The van der Waals surface area contributed by atoms with Crippen molar-refractivity contribution in [3.05, 3.63) is 56.4 Å². The van der Waals surface area contributed by atoms with E-state index in [4.69, 9.17) is 23.2 Å². The maximum atomic E-state index is 12.6. The summed E-state index contributed by atoms with van der Waals surface area (Å²) in [5, 5.41) is 11.3. The number of hydrogen-bond acceptors (Lipinski definition) is 2. The predicted octanol–water partition coefficient (Wildman–Crippen LogP) is 3.26. The van der Waals surface area contributed by atoms with Crippen molar-refractivity contribution in [3.63, 3.8) is 0 Å². The second-order valence-electron chi connectivity index (χ2n) is 5.42. The van der Waals surface area contributed by atoms with E-state index < -0.39 is 0 Å². The van der Waals surface area contributed by atoms with Gasteiger partial charge >= 0.3 is 5.82 Å². The lowest BCUT2D eigenvalue weighted by atomic mass is 10.1. The Morgan fingerprint density at radius 3 is 2.30 bits per heavy atom. The first-order chi connectivity index (χ1) is 10.8. The van der Waals surface area contributed by atoms with Gasteiger partial charge in [0.1, 0.15) is 4.43 Å². The topological polar surface area (TPSA) is 75.8 Å². The van der Waals surface area contributed by atoms with Crippen LogP contribution in [-0.4, -0.2) is 9.94 Å². The van der Waals surface area contributed by atoms with Crippen LogP contribution in [0, 0.1) is 18.8 Å². The van der Waals surface area contributed by atoms with E-state index in [9.17, 15) is 10.1 Å². The molecule has 5 nitrogen and oxygen atoms in total. The zero-order chi connectivity index (χ0) is 16.9. The van der Waals surface area contributed by atoms with Gasteiger partial charge < -0.3 is 5.21 Å². The fourth-order valence-corrected chi connectivity index (χ4v) is 3.15. The molecule has 0 saturated heterocycles. The van der Waals surface area contributed by atoms with Gasteiger partial charge in [-0.05, 0) is 43.2 Å². The third kappa shape index (κ3) is 2.37. The summed E-state index contributed by atoms with van der Waals surface area (Å²) in [6.07, 6.45) is 0. The van der Waals surface area contributed by atoms with Gasteiger partial charge in [-0.2, -0.15) is 4.73 Å². The van der Waals surface area contributed by atoms with Gasteiger partial charge in [-0.25, -0.2) is 0 Å². The van der Waals surface area contributed by atoms with E-state index >= 15 is 0 Å². The van der Waals surface area contributed by atoms with Gasteiger partial charge in [-0.3, -0.25) is 5.73 Å². The summed E-state index contributed by atoms with van der Waals surface area (Å²) in [6.45, 7) is 3.81. The molecule has 23 heavy (non-hydrogen) atoms. The maximum Gasteiger partial charge on any atom is 0.446 e. The van der Waals surface area contributed by atoms with E-state index in [0.29, 0.717) is 31.1 Å². The van der Waals surface area contributed by atoms with Gasteiger partial charge in [0.05, 0.1) is 15.6 Å². The van der Waals surface area contributed by atoms with Gasteiger partial charge in [0.15, 0.2) is 5.52 Å². The molecule has 0 radical (unpaired) electrons. The fraction of sp³-hybridized carbons (Fsp3) is 0.125. The van der Waals surface area contributed by atoms with E-state index in [1.807, 2.05) is 13.8 Å². The van der Waals surface area contributed by atoms with Crippen LogP contribution in [-0.2, 0) is 0 Å². The number of halogens is 2. The minimum atomic E-state index is 0.0678. The van der Waals surface area contributed by atoms with Crippen LogP contribution >= 0.6 is 23.2 Å². The molecule has 1 heterocycles. The van der Waals surface area contributed by atoms with Crippen molar-refractivity contribution in [2.24, 2.45) is 0 Å². The molecule has 2 aromatic carbocycles. The Hall–Kier alpha value is -2.08. The third-order valence-electron chi connectivity index (χ3n) is 3.97. The first-order valence-corrected chi connectivity index (χ1v) is 7.66. The average Bonchev–Trinajstić information content (AvgIpc) is 2.50. The highest BCUT2D eigenvalue weighted by molar-refractivity contribution is 6.39. The molecule has 3 aromatic rings. The number of aryl methyl sites for hydroxylation is 2. The molecule has 0 amide bonds. The van der Waals surface area contributed by atoms with E-state index in [1.165, 1.54) is 0 Å².